The number of aromatic nitrogens is 2. The van der Waals surface area contributed by atoms with E-state index in [0.717, 1.165) is 12.8 Å². The van der Waals surface area contributed by atoms with Crippen molar-refractivity contribution in [3.8, 4) is 5.88 Å². The Morgan fingerprint density at radius 3 is 2.94 bits per heavy atom. The molecule has 0 bridgehead atoms. The van der Waals surface area contributed by atoms with E-state index in [-0.39, 0.29) is 12.1 Å². The summed E-state index contributed by atoms with van der Waals surface area (Å²) in [5, 5.41) is 12.3. The highest BCUT2D eigenvalue weighted by Gasteiger charge is 2.28. The Balaban J connectivity index is 2.05. The SMILES string of the molecule is CCOc1ncnc(NC2CC(O)C2)c1N. The first-order chi connectivity index (χ1) is 7.70. The summed E-state index contributed by atoms with van der Waals surface area (Å²) in [6.07, 6.45) is 2.67. The first-order valence-corrected chi connectivity index (χ1v) is 5.38. The lowest BCUT2D eigenvalue weighted by atomic mass is 9.89. The molecule has 0 saturated heterocycles. The zero-order valence-electron chi connectivity index (χ0n) is 9.18. The molecule has 0 aliphatic heterocycles. The Morgan fingerprint density at radius 1 is 1.56 bits per heavy atom. The molecule has 0 spiro atoms. The van der Waals surface area contributed by atoms with Gasteiger partial charge in [0.25, 0.3) is 0 Å². The lowest BCUT2D eigenvalue weighted by molar-refractivity contribution is 0.0835. The van der Waals surface area contributed by atoms with E-state index in [1.165, 1.54) is 6.33 Å². The summed E-state index contributed by atoms with van der Waals surface area (Å²) in [6, 6.07) is 0.238. The Hall–Kier alpha value is -1.56. The molecular weight excluding hydrogens is 208 g/mol. The van der Waals surface area contributed by atoms with Gasteiger partial charge in [-0.15, -0.1) is 0 Å². The van der Waals surface area contributed by atoms with Crippen LogP contribution in [-0.2, 0) is 0 Å². The number of aliphatic hydroxyl groups excluding tert-OH is 1. The van der Waals surface area contributed by atoms with Crippen molar-refractivity contribution in [2.45, 2.75) is 31.9 Å². The number of hydrogen-bond acceptors (Lipinski definition) is 6. The molecule has 0 amide bonds. The maximum Gasteiger partial charge on any atom is 0.242 e. The molecule has 0 radical (unpaired) electrons. The molecule has 1 aromatic heterocycles. The molecule has 6 nitrogen and oxygen atoms in total. The van der Waals surface area contributed by atoms with Crippen molar-refractivity contribution in [2.24, 2.45) is 0 Å². The topological polar surface area (TPSA) is 93.3 Å². The average Bonchev–Trinajstić information content (AvgIpc) is 2.22. The first-order valence-electron chi connectivity index (χ1n) is 5.38. The predicted molar refractivity (Wildman–Crippen MR) is 60.3 cm³/mol. The van der Waals surface area contributed by atoms with E-state index in [1.807, 2.05) is 6.92 Å². The van der Waals surface area contributed by atoms with Crippen LogP contribution in [-0.4, -0.2) is 33.8 Å². The molecule has 2 rings (SSSR count). The minimum Gasteiger partial charge on any atom is -0.476 e. The second-order valence-electron chi connectivity index (χ2n) is 3.84. The van der Waals surface area contributed by atoms with Gasteiger partial charge < -0.3 is 20.9 Å². The van der Waals surface area contributed by atoms with E-state index in [0.29, 0.717) is 24.0 Å². The Kier molecular flexibility index (Phi) is 3.09. The van der Waals surface area contributed by atoms with E-state index in [2.05, 4.69) is 15.3 Å². The van der Waals surface area contributed by atoms with Crippen molar-refractivity contribution in [3.63, 3.8) is 0 Å². The smallest absolute Gasteiger partial charge is 0.242 e. The second kappa shape index (κ2) is 4.52. The molecule has 1 saturated carbocycles. The van der Waals surface area contributed by atoms with Crippen molar-refractivity contribution in [3.05, 3.63) is 6.33 Å². The highest BCUT2D eigenvalue weighted by molar-refractivity contribution is 5.66. The summed E-state index contributed by atoms with van der Waals surface area (Å²) in [5.41, 5.74) is 6.28. The summed E-state index contributed by atoms with van der Waals surface area (Å²) >= 11 is 0. The van der Waals surface area contributed by atoms with Gasteiger partial charge in [-0.2, -0.15) is 4.98 Å². The van der Waals surface area contributed by atoms with Crippen LogP contribution < -0.4 is 15.8 Å². The van der Waals surface area contributed by atoms with E-state index in [1.54, 1.807) is 0 Å². The molecule has 88 valence electrons. The predicted octanol–water partition coefficient (Wildman–Crippen LogP) is 0.393. The van der Waals surface area contributed by atoms with Gasteiger partial charge in [-0.3, -0.25) is 0 Å². The summed E-state index contributed by atoms with van der Waals surface area (Å²) in [4.78, 5) is 8.01. The zero-order chi connectivity index (χ0) is 11.5. The number of hydrogen-bond donors (Lipinski definition) is 3. The van der Waals surface area contributed by atoms with E-state index in [9.17, 15) is 5.11 Å². The van der Waals surface area contributed by atoms with Crippen LogP contribution in [0.15, 0.2) is 6.33 Å². The van der Waals surface area contributed by atoms with E-state index < -0.39 is 0 Å². The lowest BCUT2D eigenvalue weighted by Crippen LogP contribution is -2.39. The third-order valence-electron chi connectivity index (χ3n) is 2.58. The molecule has 0 aromatic carbocycles. The molecule has 6 heteroatoms. The highest BCUT2D eigenvalue weighted by atomic mass is 16.5. The summed E-state index contributed by atoms with van der Waals surface area (Å²) in [6.45, 7) is 2.39. The molecule has 1 aromatic rings. The van der Waals surface area contributed by atoms with Gasteiger partial charge in [-0.25, -0.2) is 4.98 Å². The second-order valence-corrected chi connectivity index (χ2v) is 3.84. The molecule has 1 fully saturated rings. The summed E-state index contributed by atoms with van der Waals surface area (Å²) in [5.74, 6) is 0.982. The van der Waals surface area contributed by atoms with Crippen LogP contribution in [0.25, 0.3) is 0 Å². The van der Waals surface area contributed by atoms with Gasteiger partial charge in [0.2, 0.25) is 5.88 Å². The minimum atomic E-state index is -0.202. The van der Waals surface area contributed by atoms with Crippen LogP contribution in [0.1, 0.15) is 19.8 Å². The maximum atomic E-state index is 9.18. The van der Waals surface area contributed by atoms with Gasteiger partial charge in [0, 0.05) is 6.04 Å². The van der Waals surface area contributed by atoms with E-state index in [4.69, 9.17) is 10.5 Å². The zero-order valence-corrected chi connectivity index (χ0v) is 9.18. The van der Waals surface area contributed by atoms with Gasteiger partial charge in [0.1, 0.15) is 12.0 Å². The Bertz CT molecular complexity index is 366. The lowest BCUT2D eigenvalue weighted by Gasteiger charge is -2.32. The monoisotopic (exact) mass is 224 g/mol. The largest absolute Gasteiger partial charge is 0.476 e. The molecular formula is C10H16N4O2. The standard InChI is InChI=1S/C10H16N4O2/c1-2-16-10-8(11)9(12-5-13-10)14-6-3-7(15)4-6/h5-7,15H,2-4,11H2,1H3,(H,12,13,14). The number of nitrogen functional groups attached to an aromatic ring is 1. The van der Waals surface area contributed by atoms with Gasteiger partial charge >= 0.3 is 0 Å². The van der Waals surface area contributed by atoms with Gasteiger partial charge in [-0.1, -0.05) is 0 Å². The fourth-order valence-corrected chi connectivity index (χ4v) is 1.65. The number of nitrogens with two attached hydrogens (primary N) is 1. The number of nitrogens with zero attached hydrogens (tertiary/aromatic N) is 2. The highest BCUT2D eigenvalue weighted by Crippen LogP contribution is 2.29. The average molecular weight is 224 g/mol. The van der Waals surface area contributed by atoms with Gasteiger partial charge in [0.05, 0.1) is 12.7 Å². The van der Waals surface area contributed by atoms with Crippen molar-refractivity contribution in [1.82, 2.24) is 9.97 Å². The van der Waals surface area contributed by atoms with Crippen molar-refractivity contribution in [1.29, 1.82) is 0 Å². The van der Waals surface area contributed by atoms with Crippen LogP contribution in [0.4, 0.5) is 11.5 Å². The quantitative estimate of drug-likeness (QED) is 0.685. The molecule has 16 heavy (non-hydrogen) atoms. The normalized spacial score (nSPS) is 23.6. The van der Waals surface area contributed by atoms with Crippen molar-refractivity contribution < 1.29 is 9.84 Å². The third kappa shape index (κ3) is 2.16. The molecule has 4 N–H and O–H groups in total. The van der Waals surface area contributed by atoms with Crippen LogP contribution in [0, 0.1) is 0 Å². The third-order valence-corrected chi connectivity index (χ3v) is 2.58. The number of anilines is 2. The number of nitrogens with one attached hydrogen (secondary N) is 1. The Labute approximate surface area is 93.9 Å². The number of aliphatic hydroxyl groups is 1. The van der Waals surface area contributed by atoms with Crippen molar-refractivity contribution >= 4 is 11.5 Å². The van der Waals surface area contributed by atoms with Crippen molar-refractivity contribution in [2.75, 3.05) is 17.7 Å². The fourth-order valence-electron chi connectivity index (χ4n) is 1.65. The van der Waals surface area contributed by atoms with Gasteiger partial charge in [-0.05, 0) is 19.8 Å². The van der Waals surface area contributed by atoms with Crippen LogP contribution in [0.3, 0.4) is 0 Å². The molecule has 0 unspecified atom stereocenters. The van der Waals surface area contributed by atoms with Gasteiger partial charge in [0.15, 0.2) is 5.82 Å². The van der Waals surface area contributed by atoms with Crippen LogP contribution in [0.2, 0.25) is 0 Å². The molecule has 1 heterocycles. The molecule has 1 aliphatic carbocycles. The Morgan fingerprint density at radius 2 is 2.31 bits per heavy atom. The number of ether oxygens (including phenoxy) is 1. The molecule has 1 aliphatic rings. The minimum absolute atomic E-state index is 0.202. The van der Waals surface area contributed by atoms with E-state index >= 15 is 0 Å². The van der Waals surface area contributed by atoms with Crippen LogP contribution in [0.5, 0.6) is 5.88 Å². The fraction of sp³-hybridized carbons (Fsp3) is 0.600. The first kappa shape index (κ1) is 10.9. The summed E-state index contributed by atoms with van der Waals surface area (Å²) in [7, 11) is 0. The summed E-state index contributed by atoms with van der Waals surface area (Å²) < 4.78 is 5.27. The molecule has 0 atom stereocenters. The van der Waals surface area contributed by atoms with Crippen LogP contribution >= 0.6 is 0 Å². The number of rotatable bonds is 4. The maximum absolute atomic E-state index is 9.18.